The number of benzene rings is 1. The van der Waals surface area contributed by atoms with Crippen LogP contribution in [-0.4, -0.2) is 21.5 Å². The lowest BCUT2D eigenvalue weighted by atomic mass is 10.2. The highest BCUT2D eigenvalue weighted by Crippen LogP contribution is 2.31. The van der Waals surface area contributed by atoms with E-state index in [-0.39, 0.29) is 0 Å². The number of nitrogens with one attached hydrogen (secondary N) is 1. The molecule has 0 amide bonds. The molecular formula is C18H20N6. The van der Waals surface area contributed by atoms with Crippen LogP contribution in [0, 0.1) is 0 Å². The molecule has 0 spiro atoms. The molecule has 3 N–H and O–H groups in total. The lowest BCUT2D eigenvalue weighted by molar-refractivity contribution is 0.974. The third-order valence-electron chi connectivity index (χ3n) is 3.69. The van der Waals surface area contributed by atoms with Gasteiger partial charge in [-0.3, -0.25) is 4.98 Å². The number of anilines is 4. The predicted octanol–water partition coefficient (Wildman–Crippen LogP) is 3.22. The highest BCUT2D eigenvalue weighted by atomic mass is 15.2. The van der Waals surface area contributed by atoms with Gasteiger partial charge in [-0.25, -0.2) is 9.97 Å². The lowest BCUT2D eigenvalue weighted by Gasteiger charge is -2.24. The molecule has 0 aliphatic rings. The van der Waals surface area contributed by atoms with Gasteiger partial charge in [0.05, 0.1) is 0 Å². The number of nitrogens with zero attached hydrogens (tertiary/aromatic N) is 4. The van der Waals surface area contributed by atoms with Gasteiger partial charge in [0.2, 0.25) is 0 Å². The summed E-state index contributed by atoms with van der Waals surface area (Å²) in [6.07, 6.45) is 5.09. The molecule has 24 heavy (non-hydrogen) atoms. The summed E-state index contributed by atoms with van der Waals surface area (Å²) in [5.74, 6) is 1.32. The van der Waals surface area contributed by atoms with E-state index in [1.165, 1.54) is 6.33 Å². The first-order valence-corrected chi connectivity index (χ1v) is 7.85. The molecular weight excluding hydrogens is 300 g/mol. The molecule has 3 aromatic rings. The van der Waals surface area contributed by atoms with Crippen molar-refractivity contribution in [3.8, 4) is 0 Å². The van der Waals surface area contributed by atoms with Gasteiger partial charge >= 0.3 is 0 Å². The van der Waals surface area contributed by atoms with E-state index in [4.69, 9.17) is 5.73 Å². The zero-order valence-corrected chi connectivity index (χ0v) is 13.6. The Kier molecular flexibility index (Phi) is 4.86. The van der Waals surface area contributed by atoms with E-state index < -0.39 is 0 Å². The molecule has 2 aromatic heterocycles. The van der Waals surface area contributed by atoms with Gasteiger partial charge in [0, 0.05) is 31.2 Å². The number of nitrogens with two attached hydrogens (primary N) is 1. The smallest absolute Gasteiger partial charge is 0.161 e. The fourth-order valence-electron chi connectivity index (χ4n) is 2.49. The second-order valence-corrected chi connectivity index (χ2v) is 5.25. The quantitative estimate of drug-likeness (QED) is 0.726. The zero-order valence-electron chi connectivity index (χ0n) is 13.6. The number of hydrogen-bond acceptors (Lipinski definition) is 6. The van der Waals surface area contributed by atoms with Gasteiger partial charge < -0.3 is 16.0 Å². The highest BCUT2D eigenvalue weighted by Gasteiger charge is 2.15. The van der Waals surface area contributed by atoms with Crippen LogP contribution in [0.25, 0.3) is 0 Å². The minimum atomic E-state index is 0.534. The fraction of sp³-hybridized carbons (Fsp3) is 0.167. The van der Waals surface area contributed by atoms with Gasteiger partial charge in [0.15, 0.2) is 11.6 Å². The van der Waals surface area contributed by atoms with Crippen LogP contribution in [0.1, 0.15) is 12.5 Å². The monoisotopic (exact) mass is 320 g/mol. The van der Waals surface area contributed by atoms with Gasteiger partial charge in [-0.15, -0.1) is 0 Å². The Bertz CT molecular complexity index is 776. The minimum absolute atomic E-state index is 0.534. The fourth-order valence-corrected chi connectivity index (χ4v) is 2.49. The van der Waals surface area contributed by atoms with Crippen molar-refractivity contribution in [1.82, 2.24) is 15.0 Å². The summed E-state index contributed by atoms with van der Waals surface area (Å²) in [4.78, 5) is 14.8. The normalized spacial score (nSPS) is 10.4. The summed E-state index contributed by atoms with van der Waals surface area (Å²) < 4.78 is 0. The molecule has 0 radical (unpaired) electrons. The van der Waals surface area contributed by atoms with E-state index in [0.29, 0.717) is 23.9 Å². The summed E-state index contributed by atoms with van der Waals surface area (Å²) in [7, 11) is 0. The van der Waals surface area contributed by atoms with Gasteiger partial charge in [0.1, 0.15) is 12.0 Å². The molecule has 0 saturated carbocycles. The largest absolute Gasteiger partial charge is 0.393 e. The van der Waals surface area contributed by atoms with Crippen LogP contribution >= 0.6 is 0 Å². The first-order valence-electron chi connectivity index (χ1n) is 7.85. The third-order valence-corrected chi connectivity index (χ3v) is 3.69. The number of aromatic nitrogens is 3. The third kappa shape index (κ3) is 3.43. The van der Waals surface area contributed by atoms with E-state index in [9.17, 15) is 0 Å². The molecule has 3 rings (SSSR count). The van der Waals surface area contributed by atoms with E-state index in [1.54, 1.807) is 6.20 Å². The lowest BCUT2D eigenvalue weighted by Crippen LogP contribution is -2.20. The van der Waals surface area contributed by atoms with Crippen molar-refractivity contribution < 1.29 is 0 Å². The standard InChI is InChI=1S/C18H20N6/c1-2-24(15-8-4-3-5-9-15)18-16(19)17(22-13-23-18)21-12-14-7-6-10-20-11-14/h3-11,13H,2,12,19H2,1H3,(H,21,22,23). The van der Waals surface area contributed by atoms with Crippen molar-refractivity contribution in [2.45, 2.75) is 13.5 Å². The summed E-state index contributed by atoms with van der Waals surface area (Å²) in [5.41, 5.74) is 8.96. The van der Waals surface area contributed by atoms with Crippen LogP contribution in [0.15, 0.2) is 61.2 Å². The summed E-state index contributed by atoms with van der Waals surface area (Å²) in [6, 6.07) is 14.0. The van der Waals surface area contributed by atoms with E-state index >= 15 is 0 Å². The van der Waals surface area contributed by atoms with Crippen molar-refractivity contribution in [2.24, 2.45) is 0 Å². The maximum absolute atomic E-state index is 6.32. The van der Waals surface area contributed by atoms with Crippen molar-refractivity contribution in [3.05, 3.63) is 66.7 Å². The Hall–Kier alpha value is -3.15. The molecule has 0 aliphatic heterocycles. The average Bonchev–Trinajstić information content (AvgIpc) is 2.64. The molecule has 6 nitrogen and oxygen atoms in total. The van der Waals surface area contributed by atoms with E-state index in [2.05, 4.69) is 32.1 Å². The molecule has 0 fully saturated rings. The van der Waals surface area contributed by atoms with Gasteiger partial charge in [0.25, 0.3) is 0 Å². The molecule has 0 saturated heterocycles. The second-order valence-electron chi connectivity index (χ2n) is 5.25. The number of hydrogen-bond donors (Lipinski definition) is 2. The number of nitrogen functional groups attached to an aromatic ring is 1. The molecule has 1 aromatic carbocycles. The Labute approximate surface area is 141 Å². The topological polar surface area (TPSA) is 80.0 Å². The molecule has 0 aliphatic carbocycles. The van der Waals surface area contributed by atoms with Crippen LogP contribution in [0.3, 0.4) is 0 Å². The maximum atomic E-state index is 6.32. The first-order chi connectivity index (χ1) is 11.8. The Morgan fingerprint density at radius 2 is 1.92 bits per heavy atom. The molecule has 6 heteroatoms. The van der Waals surface area contributed by atoms with Crippen molar-refractivity contribution in [1.29, 1.82) is 0 Å². The highest BCUT2D eigenvalue weighted by molar-refractivity contribution is 5.79. The maximum Gasteiger partial charge on any atom is 0.161 e. The van der Waals surface area contributed by atoms with Crippen molar-refractivity contribution >= 4 is 23.0 Å². The van der Waals surface area contributed by atoms with Gasteiger partial charge in [-0.1, -0.05) is 24.3 Å². The number of pyridine rings is 1. The Morgan fingerprint density at radius 1 is 1.08 bits per heavy atom. The molecule has 0 unspecified atom stereocenters. The molecule has 0 atom stereocenters. The van der Waals surface area contributed by atoms with E-state index in [0.717, 1.165) is 17.8 Å². The van der Waals surface area contributed by atoms with Crippen LogP contribution in [0.2, 0.25) is 0 Å². The van der Waals surface area contributed by atoms with Crippen LogP contribution in [0.4, 0.5) is 23.0 Å². The first kappa shape index (κ1) is 15.7. The molecule has 2 heterocycles. The number of para-hydroxylation sites is 1. The SMILES string of the molecule is CCN(c1ccccc1)c1ncnc(NCc2cccnc2)c1N. The van der Waals surface area contributed by atoms with Gasteiger partial charge in [-0.2, -0.15) is 0 Å². The summed E-state index contributed by atoms with van der Waals surface area (Å²) in [6.45, 7) is 3.43. The minimum Gasteiger partial charge on any atom is -0.393 e. The Morgan fingerprint density at radius 3 is 2.62 bits per heavy atom. The van der Waals surface area contributed by atoms with Crippen LogP contribution in [0.5, 0.6) is 0 Å². The Balaban J connectivity index is 1.85. The summed E-state index contributed by atoms with van der Waals surface area (Å²) >= 11 is 0. The second kappa shape index (κ2) is 7.41. The van der Waals surface area contributed by atoms with Crippen molar-refractivity contribution in [3.63, 3.8) is 0 Å². The molecule has 0 bridgehead atoms. The van der Waals surface area contributed by atoms with E-state index in [1.807, 2.05) is 48.7 Å². The number of rotatable bonds is 6. The van der Waals surface area contributed by atoms with Gasteiger partial charge in [-0.05, 0) is 30.7 Å². The summed E-state index contributed by atoms with van der Waals surface area (Å²) in [5, 5.41) is 3.26. The predicted molar refractivity (Wildman–Crippen MR) is 97.1 cm³/mol. The average molecular weight is 320 g/mol. The van der Waals surface area contributed by atoms with Crippen LogP contribution < -0.4 is 16.0 Å². The zero-order chi connectivity index (χ0) is 16.8. The van der Waals surface area contributed by atoms with Crippen LogP contribution in [-0.2, 0) is 6.54 Å². The van der Waals surface area contributed by atoms with Crippen molar-refractivity contribution in [2.75, 3.05) is 22.5 Å². The molecule has 122 valence electrons.